The van der Waals surface area contributed by atoms with Crippen molar-refractivity contribution in [2.24, 2.45) is 0 Å². The molecular weight excluding hydrogens is 326 g/mol. The lowest BCUT2D eigenvalue weighted by Crippen LogP contribution is -2.11. The monoisotopic (exact) mass is 347 g/mol. The molecule has 0 aliphatic rings. The van der Waals surface area contributed by atoms with Crippen molar-refractivity contribution >= 4 is 21.7 Å². The summed E-state index contributed by atoms with van der Waals surface area (Å²) in [6, 6.07) is 11.3. The highest BCUT2D eigenvalue weighted by atomic mass is 32.2. The summed E-state index contributed by atoms with van der Waals surface area (Å²) in [6.45, 7) is 7.35. The molecule has 0 heterocycles. The Morgan fingerprint density at radius 1 is 1.08 bits per heavy atom. The van der Waals surface area contributed by atoms with Crippen LogP contribution in [0, 0.1) is 6.92 Å². The van der Waals surface area contributed by atoms with Crippen LogP contribution in [-0.2, 0) is 14.9 Å². The van der Waals surface area contributed by atoms with E-state index in [1.807, 2.05) is 26.8 Å². The highest BCUT2D eigenvalue weighted by Gasteiger charge is 2.17. The second kappa shape index (κ2) is 7.05. The van der Waals surface area contributed by atoms with Crippen LogP contribution in [0.4, 0.5) is 5.69 Å². The molecule has 2 rings (SSSR count). The predicted molar refractivity (Wildman–Crippen MR) is 93.8 cm³/mol. The molecule has 6 heteroatoms. The fraction of sp³-hybridized carbons (Fsp3) is 0.278. The second-order valence-electron chi connectivity index (χ2n) is 5.98. The first-order valence-corrected chi connectivity index (χ1v) is 9.02. The number of rotatable bonds is 5. The van der Waals surface area contributed by atoms with Crippen molar-refractivity contribution in [2.75, 3.05) is 5.32 Å². The highest BCUT2D eigenvalue weighted by molar-refractivity contribution is 7.87. The van der Waals surface area contributed by atoms with Gasteiger partial charge < -0.3 is 9.50 Å². The van der Waals surface area contributed by atoms with Crippen molar-refractivity contribution in [3.05, 3.63) is 53.6 Å². The Hall–Kier alpha value is -2.34. The molecule has 0 bridgehead atoms. The number of hydrogen-bond donors (Lipinski definition) is 1. The third kappa shape index (κ3) is 4.58. The first-order chi connectivity index (χ1) is 11.2. The molecule has 2 aromatic rings. The van der Waals surface area contributed by atoms with Gasteiger partial charge in [0.15, 0.2) is 0 Å². The van der Waals surface area contributed by atoms with E-state index in [4.69, 9.17) is 4.18 Å². The molecule has 24 heavy (non-hydrogen) atoms. The SMILES string of the molecule is CC(=O)Nc1ccc(S(=O)(=O)Oc2cc(C)cc(C(C)C)c2)cc1. The molecule has 0 saturated carbocycles. The minimum atomic E-state index is -3.93. The number of aryl methyl sites for hydroxylation is 1. The number of carbonyl (C=O) groups is 1. The topological polar surface area (TPSA) is 72.5 Å². The van der Waals surface area contributed by atoms with E-state index >= 15 is 0 Å². The van der Waals surface area contributed by atoms with Gasteiger partial charge in [-0.05, 0) is 60.4 Å². The van der Waals surface area contributed by atoms with Gasteiger partial charge in [-0.25, -0.2) is 0 Å². The number of benzene rings is 2. The molecule has 0 aliphatic carbocycles. The van der Waals surface area contributed by atoms with Crippen molar-refractivity contribution in [2.45, 2.75) is 38.5 Å². The zero-order valence-electron chi connectivity index (χ0n) is 14.2. The Morgan fingerprint density at radius 3 is 2.25 bits per heavy atom. The third-order valence-electron chi connectivity index (χ3n) is 3.41. The summed E-state index contributed by atoms with van der Waals surface area (Å²) in [6.07, 6.45) is 0. The fourth-order valence-electron chi connectivity index (χ4n) is 2.24. The van der Waals surface area contributed by atoms with Crippen LogP contribution in [0.25, 0.3) is 0 Å². The average molecular weight is 347 g/mol. The lowest BCUT2D eigenvalue weighted by molar-refractivity contribution is -0.114. The van der Waals surface area contributed by atoms with E-state index < -0.39 is 10.1 Å². The van der Waals surface area contributed by atoms with E-state index in [2.05, 4.69) is 5.32 Å². The van der Waals surface area contributed by atoms with Crippen molar-refractivity contribution in [1.82, 2.24) is 0 Å². The number of nitrogens with one attached hydrogen (secondary N) is 1. The molecule has 0 saturated heterocycles. The lowest BCUT2D eigenvalue weighted by atomic mass is 10.0. The van der Waals surface area contributed by atoms with E-state index in [-0.39, 0.29) is 16.7 Å². The number of carbonyl (C=O) groups excluding carboxylic acids is 1. The minimum Gasteiger partial charge on any atom is -0.379 e. The van der Waals surface area contributed by atoms with Gasteiger partial charge in [0.2, 0.25) is 5.91 Å². The average Bonchev–Trinajstić information content (AvgIpc) is 2.46. The van der Waals surface area contributed by atoms with E-state index in [1.54, 1.807) is 12.1 Å². The van der Waals surface area contributed by atoms with Crippen LogP contribution in [0.3, 0.4) is 0 Å². The Bertz CT molecular complexity index is 840. The Balaban J connectivity index is 2.26. The first-order valence-electron chi connectivity index (χ1n) is 7.61. The summed E-state index contributed by atoms with van der Waals surface area (Å²) in [4.78, 5) is 11.0. The molecule has 0 aromatic heterocycles. The van der Waals surface area contributed by atoms with Gasteiger partial charge in [-0.1, -0.05) is 19.9 Å². The molecule has 0 aliphatic heterocycles. The van der Waals surface area contributed by atoms with Crippen LogP contribution < -0.4 is 9.50 Å². The number of hydrogen-bond acceptors (Lipinski definition) is 4. The van der Waals surface area contributed by atoms with Crippen LogP contribution in [0.5, 0.6) is 5.75 Å². The maximum Gasteiger partial charge on any atom is 0.339 e. The van der Waals surface area contributed by atoms with E-state index in [0.717, 1.165) is 11.1 Å². The molecule has 0 radical (unpaired) electrons. The van der Waals surface area contributed by atoms with Crippen LogP contribution in [-0.4, -0.2) is 14.3 Å². The van der Waals surface area contributed by atoms with Gasteiger partial charge in [-0.15, -0.1) is 0 Å². The second-order valence-corrected chi connectivity index (χ2v) is 7.52. The summed E-state index contributed by atoms with van der Waals surface area (Å²) in [5, 5.41) is 2.59. The first kappa shape index (κ1) is 18.0. The smallest absolute Gasteiger partial charge is 0.339 e. The highest BCUT2D eigenvalue weighted by Crippen LogP contribution is 2.26. The summed E-state index contributed by atoms with van der Waals surface area (Å²) in [7, 11) is -3.93. The maximum atomic E-state index is 12.4. The van der Waals surface area contributed by atoms with Crippen LogP contribution in [0.15, 0.2) is 47.4 Å². The summed E-state index contributed by atoms with van der Waals surface area (Å²) in [5.74, 6) is 0.347. The quantitative estimate of drug-likeness (QED) is 0.834. The van der Waals surface area contributed by atoms with Gasteiger partial charge in [0.05, 0.1) is 0 Å². The Kier molecular flexibility index (Phi) is 5.29. The molecular formula is C18H21NO4S. The molecule has 0 unspecified atom stereocenters. The van der Waals surface area contributed by atoms with E-state index in [1.165, 1.54) is 31.2 Å². The van der Waals surface area contributed by atoms with Gasteiger partial charge in [-0.2, -0.15) is 8.42 Å². The largest absolute Gasteiger partial charge is 0.379 e. The molecule has 2 aromatic carbocycles. The zero-order valence-corrected chi connectivity index (χ0v) is 15.0. The minimum absolute atomic E-state index is 0.0317. The van der Waals surface area contributed by atoms with Crippen LogP contribution >= 0.6 is 0 Å². The maximum absolute atomic E-state index is 12.4. The summed E-state index contributed by atoms with van der Waals surface area (Å²) >= 11 is 0. The fourth-order valence-corrected chi connectivity index (χ4v) is 3.16. The van der Waals surface area contributed by atoms with Crippen molar-refractivity contribution in [3.8, 4) is 5.75 Å². The van der Waals surface area contributed by atoms with Gasteiger partial charge in [0.1, 0.15) is 10.6 Å². The van der Waals surface area contributed by atoms with Crippen LogP contribution in [0.2, 0.25) is 0 Å². The molecule has 1 N–H and O–H groups in total. The van der Waals surface area contributed by atoms with Crippen molar-refractivity contribution in [1.29, 1.82) is 0 Å². The van der Waals surface area contributed by atoms with Crippen LogP contribution in [0.1, 0.15) is 37.8 Å². The standard InChI is InChI=1S/C18H21NO4S/c1-12(2)15-9-13(3)10-17(11-15)23-24(21,22)18-7-5-16(6-8-18)19-14(4)20/h5-12H,1-4H3,(H,19,20). The van der Waals surface area contributed by atoms with Gasteiger partial charge in [0, 0.05) is 12.6 Å². The predicted octanol–water partition coefficient (Wildman–Crippen LogP) is 3.84. The third-order valence-corrected chi connectivity index (χ3v) is 4.67. The number of amides is 1. The molecule has 0 fully saturated rings. The van der Waals surface area contributed by atoms with Gasteiger partial charge in [0.25, 0.3) is 0 Å². The normalized spacial score (nSPS) is 11.4. The van der Waals surface area contributed by atoms with Crippen molar-refractivity contribution < 1.29 is 17.4 Å². The lowest BCUT2D eigenvalue weighted by Gasteiger charge is -2.12. The summed E-state index contributed by atoms with van der Waals surface area (Å²) < 4.78 is 30.1. The van der Waals surface area contributed by atoms with Gasteiger partial charge >= 0.3 is 10.1 Å². The number of anilines is 1. The molecule has 0 spiro atoms. The Labute approximate surface area is 142 Å². The molecule has 128 valence electrons. The van der Waals surface area contributed by atoms with E-state index in [9.17, 15) is 13.2 Å². The van der Waals surface area contributed by atoms with Gasteiger partial charge in [-0.3, -0.25) is 4.79 Å². The van der Waals surface area contributed by atoms with E-state index in [0.29, 0.717) is 11.4 Å². The Morgan fingerprint density at radius 2 is 1.71 bits per heavy atom. The molecule has 1 amide bonds. The summed E-state index contributed by atoms with van der Waals surface area (Å²) in [5.41, 5.74) is 2.48. The van der Waals surface area contributed by atoms with Crippen molar-refractivity contribution in [3.63, 3.8) is 0 Å². The zero-order chi connectivity index (χ0) is 17.9. The molecule has 0 atom stereocenters. The molecule has 5 nitrogen and oxygen atoms in total.